The lowest BCUT2D eigenvalue weighted by atomic mass is 9.95. The molecule has 1 aliphatic rings. The van der Waals surface area contributed by atoms with E-state index in [2.05, 4.69) is 10.6 Å². The maximum atomic E-state index is 12.8. The van der Waals surface area contributed by atoms with Crippen molar-refractivity contribution in [3.8, 4) is 0 Å². The average molecular weight is 408 g/mol. The summed E-state index contributed by atoms with van der Waals surface area (Å²) in [6.45, 7) is 0. The Morgan fingerprint density at radius 2 is 1.74 bits per heavy atom. The number of anilines is 2. The standard InChI is InChI=1S/C19H19Cl2N3O3/c20-12-6-8-18(16(21)10-12)23-19(25)15-11-14(24(26)27)7-9-17(15)22-13-4-2-1-3-5-13/h6-11,13,22H,1-5H2,(H,23,25). The second kappa shape index (κ2) is 8.59. The Morgan fingerprint density at radius 1 is 1.04 bits per heavy atom. The van der Waals surface area contributed by atoms with E-state index in [1.165, 1.54) is 24.6 Å². The maximum Gasteiger partial charge on any atom is 0.270 e. The maximum absolute atomic E-state index is 12.8. The third-order valence-electron chi connectivity index (χ3n) is 4.60. The number of nitrogens with zero attached hydrogens (tertiary/aromatic N) is 1. The van der Waals surface area contributed by atoms with Gasteiger partial charge in [-0.3, -0.25) is 14.9 Å². The molecule has 0 saturated heterocycles. The highest BCUT2D eigenvalue weighted by Crippen LogP contribution is 2.29. The summed E-state index contributed by atoms with van der Waals surface area (Å²) < 4.78 is 0. The van der Waals surface area contributed by atoms with Crippen LogP contribution in [0.25, 0.3) is 0 Å². The Kier molecular flexibility index (Phi) is 6.19. The third-order valence-corrected chi connectivity index (χ3v) is 5.15. The monoisotopic (exact) mass is 407 g/mol. The molecule has 0 heterocycles. The number of hydrogen-bond acceptors (Lipinski definition) is 4. The fourth-order valence-corrected chi connectivity index (χ4v) is 3.66. The first kappa shape index (κ1) is 19.5. The molecule has 1 saturated carbocycles. The Morgan fingerprint density at radius 3 is 2.41 bits per heavy atom. The molecule has 1 amide bonds. The summed E-state index contributed by atoms with van der Waals surface area (Å²) >= 11 is 12.0. The van der Waals surface area contributed by atoms with Crippen LogP contribution in [0.1, 0.15) is 42.5 Å². The zero-order valence-electron chi connectivity index (χ0n) is 14.5. The van der Waals surface area contributed by atoms with Crippen molar-refractivity contribution in [2.75, 3.05) is 10.6 Å². The van der Waals surface area contributed by atoms with Gasteiger partial charge in [0.1, 0.15) is 0 Å². The molecular weight excluding hydrogens is 389 g/mol. The Bertz CT molecular complexity index is 867. The molecule has 2 aromatic carbocycles. The number of nitro benzene ring substituents is 1. The van der Waals surface area contributed by atoms with E-state index in [4.69, 9.17) is 23.2 Å². The predicted octanol–water partition coefficient (Wildman–Crippen LogP) is 5.90. The summed E-state index contributed by atoms with van der Waals surface area (Å²) in [4.78, 5) is 23.5. The van der Waals surface area contributed by atoms with Gasteiger partial charge in [-0.2, -0.15) is 0 Å². The molecular formula is C19H19Cl2N3O3. The second-order valence-electron chi connectivity index (χ2n) is 6.54. The predicted molar refractivity (Wildman–Crippen MR) is 108 cm³/mol. The van der Waals surface area contributed by atoms with E-state index in [0.29, 0.717) is 21.4 Å². The van der Waals surface area contributed by atoms with Gasteiger partial charge in [-0.1, -0.05) is 42.5 Å². The Balaban J connectivity index is 1.88. The van der Waals surface area contributed by atoms with E-state index in [9.17, 15) is 14.9 Å². The minimum absolute atomic E-state index is 0.142. The number of non-ortho nitro benzene ring substituents is 1. The van der Waals surface area contributed by atoms with Gasteiger partial charge in [-0.25, -0.2) is 0 Å². The molecule has 1 aliphatic carbocycles. The van der Waals surface area contributed by atoms with E-state index in [1.807, 2.05) is 0 Å². The number of carbonyl (C=O) groups is 1. The second-order valence-corrected chi connectivity index (χ2v) is 7.39. The molecule has 27 heavy (non-hydrogen) atoms. The number of amides is 1. The molecule has 2 aromatic rings. The lowest BCUT2D eigenvalue weighted by molar-refractivity contribution is -0.384. The van der Waals surface area contributed by atoms with Crippen LogP contribution < -0.4 is 10.6 Å². The zero-order valence-corrected chi connectivity index (χ0v) is 16.0. The van der Waals surface area contributed by atoms with Crippen LogP contribution in [0, 0.1) is 10.1 Å². The van der Waals surface area contributed by atoms with Crippen LogP contribution in [0.5, 0.6) is 0 Å². The smallest absolute Gasteiger partial charge is 0.270 e. The molecule has 0 aromatic heterocycles. The van der Waals surface area contributed by atoms with Gasteiger partial charge in [0, 0.05) is 28.9 Å². The highest BCUT2D eigenvalue weighted by atomic mass is 35.5. The molecule has 142 valence electrons. The summed E-state index contributed by atoms with van der Waals surface area (Å²) in [6, 6.07) is 9.25. The highest BCUT2D eigenvalue weighted by Gasteiger charge is 2.21. The molecule has 2 N–H and O–H groups in total. The number of nitro groups is 1. The lowest BCUT2D eigenvalue weighted by Gasteiger charge is -2.25. The van der Waals surface area contributed by atoms with Gasteiger partial charge in [-0.15, -0.1) is 0 Å². The van der Waals surface area contributed by atoms with Crippen LogP contribution in [-0.4, -0.2) is 16.9 Å². The average Bonchev–Trinajstić information content (AvgIpc) is 2.65. The molecule has 3 rings (SSSR count). The van der Waals surface area contributed by atoms with Crippen molar-refractivity contribution in [1.29, 1.82) is 0 Å². The minimum Gasteiger partial charge on any atom is -0.382 e. The number of rotatable bonds is 5. The molecule has 1 fully saturated rings. The third kappa shape index (κ3) is 4.90. The lowest BCUT2D eigenvalue weighted by Crippen LogP contribution is -2.24. The van der Waals surface area contributed by atoms with Gasteiger partial charge >= 0.3 is 0 Å². The fourth-order valence-electron chi connectivity index (χ4n) is 3.21. The van der Waals surface area contributed by atoms with Crippen LogP contribution in [0.2, 0.25) is 10.0 Å². The molecule has 8 heteroatoms. The Labute approximate surface area is 167 Å². The summed E-state index contributed by atoms with van der Waals surface area (Å²) in [5, 5.41) is 18.0. The van der Waals surface area contributed by atoms with Gasteiger partial charge < -0.3 is 10.6 Å². The van der Waals surface area contributed by atoms with Gasteiger partial charge in [0.25, 0.3) is 11.6 Å². The van der Waals surface area contributed by atoms with Gasteiger partial charge in [0.05, 0.1) is 21.2 Å². The molecule has 0 spiro atoms. The van der Waals surface area contributed by atoms with Crippen LogP contribution >= 0.6 is 23.2 Å². The van der Waals surface area contributed by atoms with Gasteiger partial charge in [-0.05, 0) is 37.1 Å². The van der Waals surface area contributed by atoms with Crippen LogP contribution in [-0.2, 0) is 0 Å². The molecule has 0 radical (unpaired) electrons. The van der Waals surface area contributed by atoms with E-state index in [-0.39, 0.29) is 17.3 Å². The summed E-state index contributed by atoms with van der Waals surface area (Å²) in [5.74, 6) is -0.471. The highest BCUT2D eigenvalue weighted by molar-refractivity contribution is 6.36. The largest absolute Gasteiger partial charge is 0.382 e. The number of halogens is 2. The molecule has 0 atom stereocenters. The Hall–Kier alpha value is -2.31. The summed E-state index contributed by atoms with van der Waals surface area (Å²) in [5.41, 5.74) is 1.04. The minimum atomic E-state index is -0.517. The quantitative estimate of drug-likeness (QED) is 0.477. The molecule has 0 unspecified atom stereocenters. The van der Waals surface area contributed by atoms with Crippen LogP contribution in [0.4, 0.5) is 17.1 Å². The van der Waals surface area contributed by atoms with Crippen molar-refractivity contribution in [3.05, 3.63) is 62.1 Å². The van der Waals surface area contributed by atoms with Crippen molar-refractivity contribution >= 4 is 46.2 Å². The first-order valence-corrected chi connectivity index (χ1v) is 9.51. The van der Waals surface area contributed by atoms with Crippen LogP contribution in [0.3, 0.4) is 0 Å². The first-order chi connectivity index (χ1) is 12.9. The van der Waals surface area contributed by atoms with Gasteiger partial charge in [0.15, 0.2) is 0 Å². The number of benzene rings is 2. The van der Waals surface area contributed by atoms with Crippen molar-refractivity contribution < 1.29 is 9.72 Å². The normalized spacial score (nSPS) is 14.6. The van der Waals surface area contributed by atoms with Crippen molar-refractivity contribution in [3.63, 3.8) is 0 Å². The fraction of sp³-hybridized carbons (Fsp3) is 0.316. The number of nitrogens with one attached hydrogen (secondary N) is 2. The van der Waals surface area contributed by atoms with Crippen LogP contribution in [0.15, 0.2) is 36.4 Å². The number of carbonyl (C=O) groups excluding carboxylic acids is 1. The van der Waals surface area contributed by atoms with Gasteiger partial charge in [0.2, 0.25) is 0 Å². The van der Waals surface area contributed by atoms with E-state index >= 15 is 0 Å². The SMILES string of the molecule is O=C(Nc1ccc(Cl)cc1Cl)c1cc([N+](=O)[O-])ccc1NC1CCCCC1. The first-order valence-electron chi connectivity index (χ1n) is 8.75. The van der Waals surface area contributed by atoms with Crippen molar-refractivity contribution in [2.45, 2.75) is 38.1 Å². The summed E-state index contributed by atoms with van der Waals surface area (Å²) in [6.07, 6.45) is 5.50. The van der Waals surface area contributed by atoms with E-state index in [1.54, 1.807) is 18.2 Å². The topological polar surface area (TPSA) is 84.3 Å². The van der Waals surface area contributed by atoms with E-state index < -0.39 is 10.8 Å². The summed E-state index contributed by atoms with van der Waals surface area (Å²) in [7, 11) is 0. The molecule has 6 nitrogen and oxygen atoms in total. The van der Waals surface area contributed by atoms with Crippen molar-refractivity contribution in [1.82, 2.24) is 0 Å². The number of hydrogen-bond donors (Lipinski definition) is 2. The molecule has 0 aliphatic heterocycles. The van der Waals surface area contributed by atoms with Crippen molar-refractivity contribution in [2.24, 2.45) is 0 Å². The zero-order chi connectivity index (χ0) is 19.4. The van der Waals surface area contributed by atoms with E-state index in [0.717, 1.165) is 25.7 Å². The molecule has 0 bridgehead atoms.